The summed E-state index contributed by atoms with van der Waals surface area (Å²) in [5.74, 6) is 0.450. The highest BCUT2D eigenvalue weighted by Gasteiger charge is 2.29. The van der Waals surface area contributed by atoms with Gasteiger partial charge in [-0.05, 0) is 43.7 Å². The van der Waals surface area contributed by atoms with Gasteiger partial charge in [0.15, 0.2) is 5.79 Å². The van der Waals surface area contributed by atoms with Gasteiger partial charge in [0.25, 0.3) is 0 Å². The Morgan fingerprint density at radius 2 is 1.86 bits per heavy atom. The number of aromatic nitrogens is 1. The quantitative estimate of drug-likeness (QED) is 0.509. The van der Waals surface area contributed by atoms with Crippen LogP contribution in [-0.2, 0) is 6.42 Å². The molecule has 1 aromatic heterocycles. The van der Waals surface area contributed by atoms with E-state index in [0.717, 1.165) is 18.7 Å². The number of aliphatic imine (C=N–C) groups is 1. The third-order valence-corrected chi connectivity index (χ3v) is 5.39. The molecule has 4 N–H and O–H groups in total. The number of aromatic amines is 1. The van der Waals surface area contributed by atoms with Gasteiger partial charge < -0.3 is 15.6 Å². The highest BCUT2D eigenvalue weighted by molar-refractivity contribution is 5.83. The van der Waals surface area contributed by atoms with Crippen molar-refractivity contribution in [2.75, 3.05) is 7.05 Å². The molecule has 2 atom stereocenters. The van der Waals surface area contributed by atoms with Crippen molar-refractivity contribution in [2.45, 2.75) is 31.6 Å². The fourth-order valence-electron chi connectivity index (χ4n) is 3.71. The van der Waals surface area contributed by atoms with E-state index in [-0.39, 0.29) is 6.04 Å². The topological polar surface area (TPSA) is 64.2 Å². The van der Waals surface area contributed by atoms with Gasteiger partial charge in [-0.2, -0.15) is 0 Å². The van der Waals surface area contributed by atoms with Gasteiger partial charge >= 0.3 is 0 Å². The second kappa shape index (κ2) is 7.90. The van der Waals surface area contributed by atoms with E-state index in [9.17, 15) is 0 Å². The molecule has 1 aliphatic heterocycles. The first-order valence-electron chi connectivity index (χ1n) is 9.78. The summed E-state index contributed by atoms with van der Waals surface area (Å²) in [4.78, 5) is 8.07. The minimum absolute atomic E-state index is 0.203. The van der Waals surface area contributed by atoms with Gasteiger partial charge in [-0.15, -0.1) is 0 Å². The Kier molecular flexibility index (Phi) is 5.17. The number of hydrogen-bond donors (Lipinski definition) is 4. The largest absolute Gasteiger partial charge is 0.365 e. The number of allylic oxidation sites excluding steroid dienone is 1. The SMILES string of the molecule is CNC1(CCc2c[nH]c3ccccc23)N=CC=C(NC(C)c2ccccc2)N1. The molecule has 28 heavy (non-hydrogen) atoms. The standard InChI is InChI=1S/C23H27N5/c1-17(18-8-4-3-5-9-18)27-22-13-15-26-23(24-2,28-22)14-12-19-16-25-21-11-7-6-10-20(19)21/h3-11,13,15-17,24-25,27-28H,12,14H2,1-2H3. The third-order valence-electron chi connectivity index (χ3n) is 5.39. The molecule has 5 heteroatoms. The van der Waals surface area contributed by atoms with Crippen LogP contribution in [0.15, 0.2) is 77.7 Å². The minimum Gasteiger partial charge on any atom is -0.365 e. The molecule has 144 valence electrons. The Morgan fingerprint density at radius 3 is 2.68 bits per heavy atom. The lowest BCUT2D eigenvalue weighted by molar-refractivity contribution is 0.279. The lowest BCUT2D eigenvalue weighted by Gasteiger charge is -2.35. The summed E-state index contributed by atoms with van der Waals surface area (Å²) in [6, 6.07) is 19.1. The van der Waals surface area contributed by atoms with E-state index in [1.807, 2.05) is 25.4 Å². The molecule has 3 aromatic rings. The molecule has 1 aliphatic rings. The van der Waals surface area contributed by atoms with Crippen molar-refractivity contribution in [3.63, 3.8) is 0 Å². The molecule has 0 radical (unpaired) electrons. The normalized spacial score (nSPS) is 19.9. The average molecular weight is 374 g/mol. The Bertz CT molecular complexity index is 988. The Labute approximate surface area is 166 Å². The van der Waals surface area contributed by atoms with Crippen molar-refractivity contribution in [2.24, 2.45) is 4.99 Å². The van der Waals surface area contributed by atoms with Crippen molar-refractivity contribution >= 4 is 17.1 Å². The summed E-state index contributed by atoms with van der Waals surface area (Å²) in [6.45, 7) is 2.16. The second-order valence-corrected chi connectivity index (χ2v) is 7.23. The number of rotatable bonds is 7. The zero-order chi connectivity index (χ0) is 19.4. The molecule has 0 amide bonds. The minimum atomic E-state index is -0.522. The first kappa shape index (κ1) is 18.3. The van der Waals surface area contributed by atoms with E-state index in [0.29, 0.717) is 0 Å². The number of benzene rings is 2. The van der Waals surface area contributed by atoms with E-state index < -0.39 is 5.79 Å². The summed E-state index contributed by atoms with van der Waals surface area (Å²) < 4.78 is 0. The lowest BCUT2D eigenvalue weighted by Crippen LogP contribution is -2.57. The molecule has 2 heterocycles. The van der Waals surface area contributed by atoms with Gasteiger partial charge in [-0.1, -0.05) is 48.5 Å². The first-order chi connectivity index (χ1) is 13.7. The molecule has 0 fully saturated rings. The first-order valence-corrected chi connectivity index (χ1v) is 9.78. The smallest absolute Gasteiger partial charge is 0.185 e. The molecule has 2 unspecified atom stereocenters. The summed E-state index contributed by atoms with van der Waals surface area (Å²) >= 11 is 0. The summed E-state index contributed by atoms with van der Waals surface area (Å²) in [5, 5.41) is 11.8. The fourth-order valence-corrected chi connectivity index (χ4v) is 3.71. The molecule has 0 spiro atoms. The molecule has 0 bridgehead atoms. The predicted octanol–water partition coefficient (Wildman–Crippen LogP) is 3.84. The number of para-hydroxylation sites is 1. The van der Waals surface area contributed by atoms with Gasteiger partial charge in [0.05, 0.1) is 0 Å². The van der Waals surface area contributed by atoms with Gasteiger partial charge in [0, 0.05) is 35.8 Å². The van der Waals surface area contributed by atoms with Gasteiger partial charge in [-0.3, -0.25) is 10.3 Å². The van der Waals surface area contributed by atoms with Gasteiger partial charge in [-0.25, -0.2) is 0 Å². The van der Waals surface area contributed by atoms with Crippen molar-refractivity contribution < 1.29 is 0 Å². The maximum absolute atomic E-state index is 4.72. The number of aryl methyl sites for hydroxylation is 1. The van der Waals surface area contributed by atoms with E-state index in [4.69, 9.17) is 4.99 Å². The lowest BCUT2D eigenvalue weighted by atomic mass is 10.0. The summed E-state index contributed by atoms with van der Waals surface area (Å²) in [6.07, 6.45) is 7.72. The van der Waals surface area contributed by atoms with Crippen LogP contribution < -0.4 is 16.0 Å². The molecular weight excluding hydrogens is 346 g/mol. The predicted molar refractivity (Wildman–Crippen MR) is 116 cm³/mol. The van der Waals surface area contributed by atoms with Crippen LogP contribution in [0.5, 0.6) is 0 Å². The van der Waals surface area contributed by atoms with Crippen LogP contribution in [0.2, 0.25) is 0 Å². The molecule has 0 aliphatic carbocycles. The highest BCUT2D eigenvalue weighted by atomic mass is 15.4. The zero-order valence-corrected chi connectivity index (χ0v) is 16.4. The van der Waals surface area contributed by atoms with Crippen LogP contribution in [0.3, 0.4) is 0 Å². The van der Waals surface area contributed by atoms with Gasteiger partial charge in [0.1, 0.15) is 5.82 Å². The van der Waals surface area contributed by atoms with Crippen LogP contribution >= 0.6 is 0 Å². The molecule has 0 saturated heterocycles. The van der Waals surface area contributed by atoms with E-state index >= 15 is 0 Å². The monoisotopic (exact) mass is 373 g/mol. The zero-order valence-electron chi connectivity index (χ0n) is 16.4. The second-order valence-electron chi connectivity index (χ2n) is 7.23. The van der Waals surface area contributed by atoms with Crippen molar-refractivity contribution in [1.29, 1.82) is 0 Å². The molecule has 0 saturated carbocycles. The Hall–Kier alpha value is -3.05. The van der Waals surface area contributed by atoms with Crippen molar-refractivity contribution in [3.05, 3.63) is 83.8 Å². The van der Waals surface area contributed by atoms with Gasteiger partial charge in [0.2, 0.25) is 0 Å². The highest BCUT2D eigenvalue weighted by Crippen LogP contribution is 2.23. The molecule has 2 aromatic carbocycles. The van der Waals surface area contributed by atoms with Crippen molar-refractivity contribution in [3.8, 4) is 0 Å². The summed E-state index contributed by atoms with van der Waals surface area (Å²) in [7, 11) is 1.95. The van der Waals surface area contributed by atoms with Crippen molar-refractivity contribution in [1.82, 2.24) is 20.9 Å². The Balaban J connectivity index is 1.44. The number of nitrogens with zero attached hydrogens (tertiary/aromatic N) is 1. The average Bonchev–Trinajstić information content (AvgIpc) is 3.16. The number of fused-ring (bicyclic) bond motifs is 1. The molecule has 5 nitrogen and oxygen atoms in total. The Morgan fingerprint density at radius 1 is 1.07 bits per heavy atom. The van der Waals surface area contributed by atoms with E-state index in [1.54, 1.807) is 0 Å². The third kappa shape index (κ3) is 3.80. The number of H-pyrrole nitrogens is 1. The van der Waals surface area contributed by atoms with Crippen LogP contribution in [0.25, 0.3) is 10.9 Å². The van der Waals surface area contributed by atoms with Crippen LogP contribution in [-0.4, -0.2) is 24.0 Å². The molecular formula is C23H27N5. The van der Waals surface area contributed by atoms with Crippen LogP contribution in [0.4, 0.5) is 0 Å². The fraction of sp³-hybridized carbons (Fsp3) is 0.261. The molecule has 4 rings (SSSR count). The van der Waals surface area contributed by atoms with Crippen LogP contribution in [0.1, 0.15) is 30.5 Å². The summed E-state index contributed by atoms with van der Waals surface area (Å²) in [5.41, 5.74) is 3.74. The maximum Gasteiger partial charge on any atom is 0.185 e. The van der Waals surface area contributed by atoms with Crippen LogP contribution in [0, 0.1) is 0 Å². The van der Waals surface area contributed by atoms with E-state index in [1.165, 1.54) is 22.0 Å². The number of nitrogens with one attached hydrogen (secondary N) is 4. The maximum atomic E-state index is 4.72. The number of hydrogen-bond acceptors (Lipinski definition) is 4. The van der Waals surface area contributed by atoms with E-state index in [2.05, 4.69) is 82.6 Å².